The highest BCUT2D eigenvalue weighted by Crippen LogP contribution is 2.27. The Balaban J connectivity index is 1.92. The Morgan fingerprint density at radius 1 is 1.42 bits per heavy atom. The summed E-state index contributed by atoms with van der Waals surface area (Å²) in [6.07, 6.45) is -0.629. The van der Waals surface area contributed by atoms with Crippen LogP contribution >= 0.6 is 0 Å². The Morgan fingerprint density at radius 3 is 2.79 bits per heavy atom. The minimum absolute atomic E-state index is 0.0901. The molecule has 0 aliphatic carbocycles. The van der Waals surface area contributed by atoms with E-state index in [0.29, 0.717) is 18.7 Å². The number of aromatic nitrogens is 2. The third kappa shape index (κ3) is 2.95. The fourth-order valence-electron chi connectivity index (χ4n) is 3.31. The number of nitrogens with one attached hydrogen (secondary N) is 1. The summed E-state index contributed by atoms with van der Waals surface area (Å²) >= 11 is 0. The number of hydrogen-bond acceptors (Lipinski definition) is 4. The molecule has 0 spiro atoms. The van der Waals surface area contributed by atoms with Gasteiger partial charge in [-0.3, -0.25) is 9.89 Å². The Morgan fingerprint density at radius 2 is 2.21 bits per heavy atom. The number of nitrogens with zero attached hydrogens (tertiary/aromatic N) is 2. The summed E-state index contributed by atoms with van der Waals surface area (Å²) < 4.78 is 5.30. The van der Waals surface area contributed by atoms with E-state index in [4.69, 9.17) is 4.74 Å². The summed E-state index contributed by atoms with van der Waals surface area (Å²) in [5, 5.41) is 17.2. The maximum atomic E-state index is 12.9. The van der Waals surface area contributed by atoms with Crippen LogP contribution in [0.15, 0.2) is 24.3 Å². The fourth-order valence-corrected chi connectivity index (χ4v) is 3.31. The molecule has 1 aliphatic rings. The Kier molecular flexibility index (Phi) is 4.69. The van der Waals surface area contributed by atoms with Crippen LogP contribution in [0.25, 0.3) is 11.1 Å². The highest BCUT2D eigenvalue weighted by Gasteiger charge is 2.34. The first-order valence-corrected chi connectivity index (χ1v) is 8.21. The van der Waals surface area contributed by atoms with E-state index in [0.717, 1.165) is 22.5 Å². The molecular formula is C18H23N3O3. The molecule has 128 valence electrons. The van der Waals surface area contributed by atoms with Gasteiger partial charge in [-0.25, -0.2) is 0 Å². The molecule has 2 atom stereocenters. The van der Waals surface area contributed by atoms with Gasteiger partial charge in [-0.15, -0.1) is 0 Å². The number of carbonyl (C=O) groups is 1. The second kappa shape index (κ2) is 6.75. The van der Waals surface area contributed by atoms with Crippen LogP contribution in [0.2, 0.25) is 0 Å². The number of aromatic amines is 1. The number of ether oxygens (including phenoxy) is 1. The summed E-state index contributed by atoms with van der Waals surface area (Å²) in [6.45, 7) is 7.00. The van der Waals surface area contributed by atoms with Gasteiger partial charge in [-0.1, -0.05) is 12.1 Å². The van der Waals surface area contributed by atoms with Crippen LogP contribution in [0.3, 0.4) is 0 Å². The average Bonchev–Trinajstić information content (AvgIpc) is 3.14. The summed E-state index contributed by atoms with van der Waals surface area (Å²) in [5.74, 6) is -0.0901. The molecule has 1 aromatic carbocycles. The monoisotopic (exact) mass is 329 g/mol. The lowest BCUT2D eigenvalue weighted by atomic mass is 10.0. The zero-order valence-electron chi connectivity index (χ0n) is 14.2. The van der Waals surface area contributed by atoms with Crippen LogP contribution in [-0.4, -0.2) is 58.0 Å². The molecule has 0 saturated carbocycles. The number of aliphatic hydroxyl groups excluding tert-OH is 1. The van der Waals surface area contributed by atoms with E-state index >= 15 is 0 Å². The van der Waals surface area contributed by atoms with Crippen molar-refractivity contribution in [3.8, 4) is 11.1 Å². The van der Waals surface area contributed by atoms with Gasteiger partial charge in [0.15, 0.2) is 0 Å². The molecule has 1 aromatic heterocycles. The molecule has 24 heavy (non-hydrogen) atoms. The van der Waals surface area contributed by atoms with Gasteiger partial charge in [0.05, 0.1) is 31.1 Å². The van der Waals surface area contributed by atoms with Crippen molar-refractivity contribution in [1.82, 2.24) is 15.1 Å². The Bertz CT molecular complexity index is 721. The summed E-state index contributed by atoms with van der Waals surface area (Å²) in [5.41, 5.74) is 4.47. The third-order valence-electron chi connectivity index (χ3n) is 4.55. The highest BCUT2D eigenvalue weighted by atomic mass is 16.5. The van der Waals surface area contributed by atoms with E-state index in [9.17, 15) is 9.90 Å². The van der Waals surface area contributed by atoms with Gasteiger partial charge in [0.2, 0.25) is 0 Å². The van der Waals surface area contributed by atoms with Crippen LogP contribution in [0, 0.1) is 13.8 Å². The van der Waals surface area contributed by atoms with Gasteiger partial charge in [-0.2, -0.15) is 5.10 Å². The maximum absolute atomic E-state index is 12.9. The topological polar surface area (TPSA) is 78.5 Å². The minimum atomic E-state index is -0.629. The number of H-pyrrole nitrogens is 1. The number of hydrogen-bond donors (Lipinski definition) is 2. The van der Waals surface area contributed by atoms with Gasteiger partial charge in [0.25, 0.3) is 5.91 Å². The first-order chi connectivity index (χ1) is 11.5. The molecular weight excluding hydrogens is 306 g/mol. The van der Waals surface area contributed by atoms with Crippen molar-refractivity contribution < 1.29 is 14.6 Å². The molecule has 1 amide bonds. The number of rotatable bonds is 4. The molecule has 1 saturated heterocycles. The average molecular weight is 329 g/mol. The zero-order chi connectivity index (χ0) is 17.3. The molecule has 1 fully saturated rings. The Hall–Kier alpha value is -2.18. The van der Waals surface area contributed by atoms with Gasteiger partial charge in [-0.05, 0) is 38.5 Å². The molecule has 2 heterocycles. The quantitative estimate of drug-likeness (QED) is 0.898. The lowest BCUT2D eigenvalue weighted by Crippen LogP contribution is -2.46. The molecule has 2 N–H and O–H groups in total. The van der Waals surface area contributed by atoms with Crippen molar-refractivity contribution in [2.75, 3.05) is 19.8 Å². The first kappa shape index (κ1) is 16.7. The predicted octanol–water partition coefficient (Wildman–Crippen LogP) is 1.92. The van der Waals surface area contributed by atoms with E-state index < -0.39 is 6.10 Å². The van der Waals surface area contributed by atoms with Crippen molar-refractivity contribution in [3.63, 3.8) is 0 Å². The number of benzene rings is 1. The molecule has 6 nitrogen and oxygen atoms in total. The van der Waals surface area contributed by atoms with Crippen LogP contribution in [0.1, 0.15) is 28.7 Å². The Labute approximate surface area is 141 Å². The predicted molar refractivity (Wildman–Crippen MR) is 90.8 cm³/mol. The van der Waals surface area contributed by atoms with Gasteiger partial charge in [0.1, 0.15) is 0 Å². The largest absolute Gasteiger partial charge is 0.388 e. The molecule has 0 bridgehead atoms. The minimum Gasteiger partial charge on any atom is -0.388 e. The van der Waals surface area contributed by atoms with Crippen LogP contribution < -0.4 is 0 Å². The van der Waals surface area contributed by atoms with Crippen molar-refractivity contribution >= 4 is 5.91 Å². The zero-order valence-corrected chi connectivity index (χ0v) is 14.2. The second-order valence-corrected chi connectivity index (χ2v) is 6.15. The number of carbonyl (C=O) groups excluding carboxylic acids is 1. The third-order valence-corrected chi connectivity index (χ3v) is 4.55. The van der Waals surface area contributed by atoms with Crippen LogP contribution in [0.4, 0.5) is 0 Å². The van der Waals surface area contributed by atoms with Gasteiger partial charge >= 0.3 is 0 Å². The summed E-state index contributed by atoms with van der Waals surface area (Å²) in [7, 11) is 0. The molecule has 3 rings (SSSR count). The van der Waals surface area contributed by atoms with Crippen molar-refractivity contribution in [1.29, 1.82) is 0 Å². The van der Waals surface area contributed by atoms with E-state index in [1.807, 2.05) is 39.0 Å². The van der Waals surface area contributed by atoms with E-state index in [2.05, 4.69) is 10.2 Å². The van der Waals surface area contributed by atoms with Gasteiger partial charge < -0.3 is 14.7 Å². The molecule has 6 heteroatoms. The maximum Gasteiger partial charge on any atom is 0.254 e. The molecule has 2 aromatic rings. The highest BCUT2D eigenvalue weighted by molar-refractivity contribution is 5.96. The number of aryl methyl sites for hydroxylation is 2. The standard InChI is InChI=1S/C18H23N3O3/c1-4-21(15-9-24-10-16(15)22)18(23)14-7-5-6-13(8-14)17-11(2)19-20-12(17)3/h5-8,15-16,22H,4,9-10H2,1-3H3,(H,19,20)/t15-,16-/m1/s1. The SMILES string of the molecule is CCN(C(=O)c1cccc(-c2c(C)n[nH]c2C)c1)[C@@H]1COC[C@H]1O. The van der Waals surface area contributed by atoms with Crippen molar-refractivity contribution in [2.45, 2.75) is 32.9 Å². The fraction of sp³-hybridized carbons (Fsp3) is 0.444. The lowest BCUT2D eigenvalue weighted by Gasteiger charge is -2.29. The second-order valence-electron chi connectivity index (χ2n) is 6.15. The smallest absolute Gasteiger partial charge is 0.254 e. The van der Waals surface area contributed by atoms with E-state index in [1.165, 1.54) is 0 Å². The normalized spacial score (nSPS) is 20.3. The molecule has 1 aliphatic heterocycles. The van der Waals surface area contributed by atoms with Crippen molar-refractivity contribution in [3.05, 3.63) is 41.2 Å². The summed E-state index contributed by atoms with van der Waals surface area (Å²) in [4.78, 5) is 14.6. The van der Waals surface area contributed by atoms with Gasteiger partial charge in [0, 0.05) is 23.4 Å². The number of aliphatic hydroxyl groups is 1. The van der Waals surface area contributed by atoms with Crippen molar-refractivity contribution in [2.24, 2.45) is 0 Å². The molecule has 0 unspecified atom stereocenters. The molecule has 0 radical (unpaired) electrons. The first-order valence-electron chi connectivity index (χ1n) is 8.21. The van der Waals surface area contributed by atoms with E-state index in [1.54, 1.807) is 11.0 Å². The number of likely N-dealkylation sites (N-methyl/N-ethyl adjacent to an activating group) is 1. The lowest BCUT2D eigenvalue weighted by molar-refractivity contribution is 0.0520. The van der Waals surface area contributed by atoms with Crippen LogP contribution in [-0.2, 0) is 4.74 Å². The van der Waals surface area contributed by atoms with E-state index in [-0.39, 0.29) is 18.6 Å². The van der Waals surface area contributed by atoms with Crippen LogP contribution in [0.5, 0.6) is 0 Å². The summed E-state index contributed by atoms with van der Waals surface area (Å²) in [6, 6.07) is 7.26. The number of amides is 1.